The summed E-state index contributed by atoms with van der Waals surface area (Å²) in [6.07, 6.45) is 1.94. The van der Waals surface area contributed by atoms with Gasteiger partial charge in [-0.3, -0.25) is 9.89 Å². The third-order valence-corrected chi connectivity index (χ3v) is 4.92. The van der Waals surface area contributed by atoms with Gasteiger partial charge >= 0.3 is 0 Å². The lowest BCUT2D eigenvalue weighted by atomic mass is 10.1. The Bertz CT molecular complexity index is 1130. The van der Waals surface area contributed by atoms with E-state index in [-0.39, 0.29) is 11.8 Å². The van der Waals surface area contributed by atoms with Gasteiger partial charge in [-0.25, -0.2) is 0 Å². The highest BCUT2D eigenvalue weighted by Crippen LogP contribution is 2.33. The van der Waals surface area contributed by atoms with Crippen LogP contribution in [0.4, 0.5) is 5.69 Å². The van der Waals surface area contributed by atoms with Crippen molar-refractivity contribution in [1.29, 1.82) is 0 Å². The molecule has 0 saturated carbocycles. The number of amides is 1. The first kappa shape index (κ1) is 16.5. The number of anilines is 1. The molecular weight excluding hydrogens is 358 g/mol. The Kier molecular flexibility index (Phi) is 3.82. The monoisotopic (exact) mass is 375 g/mol. The van der Waals surface area contributed by atoms with E-state index in [4.69, 9.17) is 8.94 Å². The zero-order valence-corrected chi connectivity index (χ0v) is 15.1. The molecular formula is C20H17N5O3. The van der Waals surface area contributed by atoms with E-state index in [1.54, 1.807) is 23.3 Å². The predicted octanol–water partition coefficient (Wildman–Crippen LogP) is 3.55. The number of hydrogen-bond acceptors (Lipinski definition) is 6. The molecule has 1 aliphatic rings. The number of furan rings is 1. The molecule has 5 rings (SSSR count). The van der Waals surface area contributed by atoms with E-state index in [2.05, 4.69) is 20.3 Å². The minimum atomic E-state index is -0.114. The van der Waals surface area contributed by atoms with Crippen LogP contribution in [0.15, 0.2) is 57.7 Å². The summed E-state index contributed by atoms with van der Waals surface area (Å²) in [5.74, 6) is 1.46. The van der Waals surface area contributed by atoms with Crippen molar-refractivity contribution in [3.05, 3.63) is 60.1 Å². The maximum atomic E-state index is 12.5. The Hall–Kier alpha value is -3.68. The molecule has 8 heteroatoms. The lowest BCUT2D eigenvalue weighted by Gasteiger charge is -2.18. The molecule has 28 heavy (non-hydrogen) atoms. The van der Waals surface area contributed by atoms with Gasteiger partial charge in [-0.1, -0.05) is 23.4 Å². The van der Waals surface area contributed by atoms with Crippen molar-refractivity contribution in [3.8, 4) is 23.0 Å². The average Bonchev–Trinajstić information content (AvgIpc) is 3.47. The number of hydrogen-bond donors (Lipinski definition) is 1. The third-order valence-electron chi connectivity index (χ3n) is 4.92. The fraction of sp³-hybridized carbons (Fsp3) is 0.200. The van der Waals surface area contributed by atoms with Gasteiger partial charge in [-0.2, -0.15) is 10.1 Å². The number of para-hydroxylation sites is 1. The van der Waals surface area contributed by atoms with Gasteiger partial charge in [-0.15, -0.1) is 0 Å². The molecule has 3 aromatic heterocycles. The normalized spacial score (nSPS) is 16.8. The van der Waals surface area contributed by atoms with Crippen LogP contribution in [0.2, 0.25) is 0 Å². The molecule has 1 fully saturated rings. The molecule has 1 aromatic carbocycles. The van der Waals surface area contributed by atoms with E-state index in [1.807, 2.05) is 37.3 Å². The van der Waals surface area contributed by atoms with Crippen molar-refractivity contribution < 1.29 is 13.7 Å². The van der Waals surface area contributed by atoms with E-state index < -0.39 is 0 Å². The van der Waals surface area contributed by atoms with Crippen LogP contribution in [0.5, 0.6) is 0 Å². The molecule has 1 N–H and O–H groups in total. The van der Waals surface area contributed by atoms with Crippen molar-refractivity contribution in [2.45, 2.75) is 19.3 Å². The number of carbonyl (C=O) groups is 1. The highest BCUT2D eigenvalue weighted by atomic mass is 16.5. The van der Waals surface area contributed by atoms with Crippen molar-refractivity contribution in [1.82, 2.24) is 20.3 Å². The van der Waals surface area contributed by atoms with Gasteiger partial charge in [0.25, 0.3) is 5.89 Å². The molecule has 0 aliphatic carbocycles. The fourth-order valence-electron chi connectivity index (χ4n) is 3.47. The predicted molar refractivity (Wildman–Crippen MR) is 100 cm³/mol. The van der Waals surface area contributed by atoms with Crippen LogP contribution < -0.4 is 4.90 Å². The number of aromatic amines is 1. The molecule has 1 saturated heterocycles. The molecule has 4 heterocycles. The average molecular weight is 375 g/mol. The maximum absolute atomic E-state index is 12.5. The molecule has 0 spiro atoms. The standard InChI is InChI=1S/C20H17N5O3/c1-12-5-2-3-6-16(12)25-11-13(9-18(25)26)19-21-20(28-24-19)15-10-14(22-23-15)17-7-4-8-27-17/h2-8,10,13H,9,11H2,1H3,(H,22,23). The van der Waals surface area contributed by atoms with Crippen molar-refractivity contribution in [2.24, 2.45) is 0 Å². The Morgan fingerprint density at radius 1 is 1.21 bits per heavy atom. The second-order valence-electron chi connectivity index (χ2n) is 6.79. The Balaban J connectivity index is 1.37. The summed E-state index contributed by atoms with van der Waals surface area (Å²) < 4.78 is 10.7. The van der Waals surface area contributed by atoms with Gasteiger partial charge in [0.2, 0.25) is 5.91 Å². The summed E-state index contributed by atoms with van der Waals surface area (Å²) in [5.41, 5.74) is 3.25. The van der Waals surface area contributed by atoms with Gasteiger partial charge in [-0.05, 0) is 30.7 Å². The Morgan fingerprint density at radius 2 is 2.11 bits per heavy atom. The zero-order valence-electron chi connectivity index (χ0n) is 15.1. The number of nitrogens with one attached hydrogen (secondary N) is 1. The summed E-state index contributed by atoms with van der Waals surface area (Å²) in [5, 5.41) is 11.2. The first-order valence-corrected chi connectivity index (χ1v) is 8.98. The van der Waals surface area contributed by atoms with Gasteiger partial charge in [0.1, 0.15) is 11.4 Å². The van der Waals surface area contributed by atoms with Crippen LogP contribution in [0, 0.1) is 6.92 Å². The summed E-state index contributed by atoms with van der Waals surface area (Å²) >= 11 is 0. The minimum Gasteiger partial charge on any atom is -0.463 e. The minimum absolute atomic E-state index is 0.0623. The van der Waals surface area contributed by atoms with Crippen LogP contribution in [0.3, 0.4) is 0 Å². The number of H-pyrrole nitrogens is 1. The largest absolute Gasteiger partial charge is 0.463 e. The molecule has 140 valence electrons. The van der Waals surface area contributed by atoms with E-state index in [9.17, 15) is 4.79 Å². The number of carbonyl (C=O) groups excluding carboxylic acids is 1. The molecule has 0 radical (unpaired) electrons. The summed E-state index contributed by atoms with van der Waals surface area (Å²) in [6.45, 7) is 2.53. The van der Waals surface area contributed by atoms with Crippen molar-refractivity contribution in [2.75, 3.05) is 11.4 Å². The number of benzene rings is 1. The summed E-state index contributed by atoms with van der Waals surface area (Å²) in [6, 6.07) is 13.3. The highest BCUT2D eigenvalue weighted by Gasteiger charge is 2.35. The second-order valence-corrected chi connectivity index (χ2v) is 6.79. The zero-order chi connectivity index (χ0) is 19.1. The number of rotatable bonds is 4. The third kappa shape index (κ3) is 2.79. The van der Waals surface area contributed by atoms with Gasteiger partial charge in [0, 0.05) is 30.6 Å². The van der Waals surface area contributed by atoms with Gasteiger partial charge < -0.3 is 13.8 Å². The Morgan fingerprint density at radius 3 is 2.93 bits per heavy atom. The fourth-order valence-corrected chi connectivity index (χ4v) is 3.47. The van der Waals surface area contributed by atoms with Crippen molar-refractivity contribution >= 4 is 11.6 Å². The van der Waals surface area contributed by atoms with Gasteiger partial charge in [0.15, 0.2) is 11.6 Å². The maximum Gasteiger partial charge on any atom is 0.275 e. The van der Waals surface area contributed by atoms with E-state index >= 15 is 0 Å². The molecule has 1 aliphatic heterocycles. The Labute approximate surface area is 160 Å². The van der Waals surface area contributed by atoms with Gasteiger partial charge in [0.05, 0.1) is 6.26 Å². The molecule has 0 bridgehead atoms. The van der Waals surface area contributed by atoms with Crippen LogP contribution in [0.1, 0.15) is 23.7 Å². The number of aryl methyl sites for hydroxylation is 1. The molecule has 8 nitrogen and oxygen atoms in total. The molecule has 4 aromatic rings. The molecule has 1 atom stereocenters. The smallest absolute Gasteiger partial charge is 0.275 e. The van der Waals surface area contributed by atoms with E-state index in [0.29, 0.717) is 41.8 Å². The molecule has 1 unspecified atom stereocenters. The van der Waals surface area contributed by atoms with Crippen LogP contribution in [-0.4, -0.2) is 32.8 Å². The van der Waals surface area contributed by atoms with Crippen LogP contribution >= 0.6 is 0 Å². The SMILES string of the molecule is Cc1ccccc1N1CC(c2noc(-c3cc(-c4ccco4)n[nH]3)n2)CC1=O. The highest BCUT2D eigenvalue weighted by molar-refractivity contribution is 5.97. The lowest BCUT2D eigenvalue weighted by molar-refractivity contribution is -0.117. The van der Waals surface area contributed by atoms with Crippen LogP contribution in [-0.2, 0) is 4.79 Å². The first-order valence-electron chi connectivity index (χ1n) is 8.98. The summed E-state index contributed by atoms with van der Waals surface area (Å²) in [4.78, 5) is 18.8. The lowest BCUT2D eigenvalue weighted by Crippen LogP contribution is -2.25. The number of aromatic nitrogens is 4. The summed E-state index contributed by atoms with van der Waals surface area (Å²) in [7, 11) is 0. The van der Waals surface area contributed by atoms with E-state index in [1.165, 1.54) is 0 Å². The quantitative estimate of drug-likeness (QED) is 0.585. The number of nitrogens with zero attached hydrogens (tertiary/aromatic N) is 4. The van der Waals surface area contributed by atoms with Crippen molar-refractivity contribution in [3.63, 3.8) is 0 Å². The van der Waals surface area contributed by atoms with Crippen LogP contribution in [0.25, 0.3) is 23.0 Å². The topological polar surface area (TPSA) is 101 Å². The second kappa shape index (κ2) is 6.49. The van der Waals surface area contributed by atoms with E-state index in [0.717, 1.165) is 11.3 Å². The molecule has 1 amide bonds. The first-order chi connectivity index (χ1) is 13.7.